The highest BCUT2D eigenvalue weighted by atomic mass is 16.4. The molecule has 20 heavy (non-hydrogen) atoms. The number of Topliss-reactive ketones (excluding diaryl/α,β-unsaturated/α-hetero) is 1. The minimum absolute atomic E-state index is 0.103. The number of hydrogen-bond acceptors (Lipinski definition) is 2. The van der Waals surface area contributed by atoms with Crippen LogP contribution in [0.5, 0.6) is 0 Å². The van der Waals surface area contributed by atoms with Gasteiger partial charge in [-0.1, -0.05) is 58.0 Å². The number of aliphatic carboxylic acids is 1. The van der Waals surface area contributed by atoms with Crippen molar-refractivity contribution in [2.24, 2.45) is 11.3 Å². The average Bonchev–Trinajstić information content (AvgIpc) is 2.37. The van der Waals surface area contributed by atoms with E-state index in [1.54, 1.807) is 0 Å². The molecule has 0 radical (unpaired) electrons. The van der Waals surface area contributed by atoms with Crippen LogP contribution in [0.1, 0.15) is 52.0 Å². The molecule has 1 rings (SSSR count). The van der Waals surface area contributed by atoms with Crippen LogP contribution in [-0.2, 0) is 9.59 Å². The summed E-state index contributed by atoms with van der Waals surface area (Å²) in [6, 6.07) is 9.49. The van der Waals surface area contributed by atoms with E-state index in [2.05, 4.69) is 0 Å². The fraction of sp³-hybridized carbons (Fsp3) is 0.529. The zero-order valence-corrected chi connectivity index (χ0v) is 12.7. The first kappa shape index (κ1) is 16.4. The first-order chi connectivity index (χ1) is 9.27. The lowest BCUT2D eigenvalue weighted by molar-refractivity contribution is -0.143. The molecular weight excluding hydrogens is 252 g/mol. The van der Waals surface area contributed by atoms with Crippen LogP contribution < -0.4 is 0 Å². The van der Waals surface area contributed by atoms with Crippen LogP contribution in [0.2, 0.25) is 0 Å². The number of benzene rings is 1. The second-order valence-electron chi connectivity index (χ2n) is 6.25. The molecular formula is C17H24O3. The van der Waals surface area contributed by atoms with Crippen molar-refractivity contribution in [1.29, 1.82) is 0 Å². The summed E-state index contributed by atoms with van der Waals surface area (Å²) in [7, 11) is 0. The lowest BCUT2D eigenvalue weighted by atomic mass is 9.76. The standard InChI is InChI=1S/C17H24O3/c1-5-13(16(19)20)14(11-15(18)17(2,3)4)12-9-7-6-8-10-12/h6-10,13-14H,5,11H2,1-4H3,(H,19,20). The van der Waals surface area contributed by atoms with E-state index in [-0.39, 0.29) is 18.1 Å². The van der Waals surface area contributed by atoms with Gasteiger partial charge in [0.05, 0.1) is 5.92 Å². The van der Waals surface area contributed by atoms with E-state index in [0.29, 0.717) is 6.42 Å². The Bertz CT molecular complexity index is 457. The molecule has 0 spiro atoms. The highest BCUT2D eigenvalue weighted by Gasteiger charge is 2.32. The predicted octanol–water partition coefficient (Wildman–Crippen LogP) is 3.89. The predicted molar refractivity (Wildman–Crippen MR) is 79.7 cm³/mol. The summed E-state index contributed by atoms with van der Waals surface area (Å²) in [4.78, 5) is 23.8. The van der Waals surface area contributed by atoms with E-state index in [1.165, 1.54) is 0 Å². The Kier molecular flexibility index (Phi) is 5.49. The molecule has 0 aliphatic heterocycles. The summed E-state index contributed by atoms with van der Waals surface area (Å²) < 4.78 is 0. The molecule has 2 unspecified atom stereocenters. The number of carboxylic acid groups (broad SMARTS) is 1. The molecule has 0 bridgehead atoms. The molecule has 0 heterocycles. The van der Waals surface area contributed by atoms with E-state index in [1.807, 2.05) is 58.0 Å². The van der Waals surface area contributed by atoms with Crippen molar-refractivity contribution < 1.29 is 14.7 Å². The maximum absolute atomic E-state index is 12.3. The molecule has 0 saturated heterocycles. The van der Waals surface area contributed by atoms with Crippen LogP contribution >= 0.6 is 0 Å². The molecule has 0 aliphatic rings. The second-order valence-corrected chi connectivity index (χ2v) is 6.25. The van der Waals surface area contributed by atoms with Gasteiger partial charge < -0.3 is 5.11 Å². The van der Waals surface area contributed by atoms with Crippen LogP contribution in [0.3, 0.4) is 0 Å². The highest BCUT2D eigenvalue weighted by molar-refractivity contribution is 5.85. The van der Waals surface area contributed by atoms with Crippen molar-refractivity contribution in [3.8, 4) is 0 Å². The van der Waals surface area contributed by atoms with Crippen molar-refractivity contribution >= 4 is 11.8 Å². The maximum Gasteiger partial charge on any atom is 0.307 e. The van der Waals surface area contributed by atoms with Crippen LogP contribution in [0, 0.1) is 11.3 Å². The first-order valence-corrected chi connectivity index (χ1v) is 7.08. The molecule has 1 N–H and O–H groups in total. The van der Waals surface area contributed by atoms with Gasteiger partial charge in [0.2, 0.25) is 0 Å². The summed E-state index contributed by atoms with van der Waals surface area (Å²) in [5.41, 5.74) is 0.489. The first-order valence-electron chi connectivity index (χ1n) is 7.08. The van der Waals surface area contributed by atoms with Gasteiger partial charge in [0, 0.05) is 17.8 Å². The van der Waals surface area contributed by atoms with E-state index >= 15 is 0 Å². The lowest BCUT2D eigenvalue weighted by Crippen LogP contribution is -2.28. The normalized spacial score (nSPS) is 14.6. The zero-order chi connectivity index (χ0) is 15.3. The van der Waals surface area contributed by atoms with E-state index in [0.717, 1.165) is 5.56 Å². The number of hydrogen-bond donors (Lipinski definition) is 1. The Morgan fingerprint density at radius 1 is 1.15 bits per heavy atom. The zero-order valence-electron chi connectivity index (χ0n) is 12.7. The van der Waals surface area contributed by atoms with Gasteiger partial charge in [-0.15, -0.1) is 0 Å². The molecule has 0 amide bonds. The Hall–Kier alpha value is -1.64. The van der Waals surface area contributed by atoms with E-state index in [9.17, 15) is 14.7 Å². The molecule has 3 heteroatoms. The second kappa shape index (κ2) is 6.69. The van der Waals surface area contributed by atoms with Crippen molar-refractivity contribution in [1.82, 2.24) is 0 Å². The largest absolute Gasteiger partial charge is 0.481 e. The number of carbonyl (C=O) groups is 2. The number of carbonyl (C=O) groups excluding carboxylic acids is 1. The van der Waals surface area contributed by atoms with Crippen LogP contribution in [-0.4, -0.2) is 16.9 Å². The van der Waals surface area contributed by atoms with Gasteiger partial charge >= 0.3 is 5.97 Å². The van der Waals surface area contributed by atoms with Crippen LogP contribution in [0.4, 0.5) is 0 Å². The van der Waals surface area contributed by atoms with Gasteiger partial charge in [0.25, 0.3) is 0 Å². The summed E-state index contributed by atoms with van der Waals surface area (Å²) >= 11 is 0. The Labute approximate surface area is 121 Å². The Morgan fingerprint density at radius 3 is 2.10 bits per heavy atom. The summed E-state index contributed by atoms with van der Waals surface area (Å²) in [6.45, 7) is 7.48. The summed E-state index contributed by atoms with van der Waals surface area (Å²) in [5, 5.41) is 9.41. The van der Waals surface area contributed by atoms with Crippen molar-refractivity contribution in [3.05, 3.63) is 35.9 Å². The average molecular weight is 276 g/mol. The van der Waals surface area contributed by atoms with Crippen molar-refractivity contribution in [3.63, 3.8) is 0 Å². The Balaban J connectivity index is 3.08. The van der Waals surface area contributed by atoms with Gasteiger partial charge in [-0.2, -0.15) is 0 Å². The number of carboxylic acids is 1. The smallest absolute Gasteiger partial charge is 0.307 e. The molecule has 1 aromatic rings. The Morgan fingerprint density at radius 2 is 1.70 bits per heavy atom. The number of rotatable bonds is 6. The molecule has 0 fully saturated rings. The van der Waals surface area contributed by atoms with E-state index in [4.69, 9.17) is 0 Å². The van der Waals surface area contributed by atoms with Crippen LogP contribution in [0.25, 0.3) is 0 Å². The fourth-order valence-corrected chi connectivity index (χ4v) is 2.33. The van der Waals surface area contributed by atoms with Gasteiger partial charge in [0.15, 0.2) is 0 Å². The fourth-order valence-electron chi connectivity index (χ4n) is 2.33. The monoisotopic (exact) mass is 276 g/mol. The van der Waals surface area contributed by atoms with E-state index < -0.39 is 17.3 Å². The molecule has 2 atom stereocenters. The SMILES string of the molecule is CCC(C(=O)O)C(CC(=O)C(C)(C)C)c1ccccc1. The summed E-state index contributed by atoms with van der Waals surface area (Å²) in [5.74, 6) is -1.51. The minimum Gasteiger partial charge on any atom is -0.481 e. The lowest BCUT2D eigenvalue weighted by Gasteiger charge is -2.26. The molecule has 0 aromatic heterocycles. The number of ketones is 1. The minimum atomic E-state index is -0.830. The quantitative estimate of drug-likeness (QED) is 0.857. The maximum atomic E-state index is 12.3. The van der Waals surface area contributed by atoms with Crippen LogP contribution in [0.15, 0.2) is 30.3 Å². The third kappa shape index (κ3) is 4.19. The molecule has 1 aromatic carbocycles. The van der Waals surface area contributed by atoms with Gasteiger partial charge in [-0.25, -0.2) is 0 Å². The molecule has 0 aliphatic carbocycles. The van der Waals surface area contributed by atoms with Gasteiger partial charge in [-0.3, -0.25) is 9.59 Å². The molecule has 0 saturated carbocycles. The van der Waals surface area contributed by atoms with Crippen molar-refractivity contribution in [2.45, 2.75) is 46.5 Å². The van der Waals surface area contributed by atoms with Gasteiger partial charge in [0.1, 0.15) is 5.78 Å². The van der Waals surface area contributed by atoms with Gasteiger partial charge in [-0.05, 0) is 12.0 Å². The third-order valence-electron chi connectivity index (χ3n) is 3.71. The highest BCUT2D eigenvalue weighted by Crippen LogP contribution is 2.33. The molecule has 110 valence electrons. The summed E-state index contributed by atoms with van der Waals surface area (Å²) in [6.07, 6.45) is 0.796. The third-order valence-corrected chi connectivity index (χ3v) is 3.71. The molecule has 3 nitrogen and oxygen atoms in total. The van der Waals surface area contributed by atoms with Crippen molar-refractivity contribution in [2.75, 3.05) is 0 Å². The topological polar surface area (TPSA) is 54.4 Å².